The molecule has 3 aromatic carbocycles. The molecule has 1 amide bonds. The number of carbonyl (C=O) groups excluding carboxylic acids is 1. The van der Waals surface area contributed by atoms with Crippen LogP contribution in [0.2, 0.25) is 5.02 Å². The molecule has 0 N–H and O–H groups in total. The Morgan fingerprint density at radius 2 is 1.59 bits per heavy atom. The molecule has 0 atom stereocenters. The lowest BCUT2D eigenvalue weighted by Gasteiger charge is -2.34. The third-order valence-corrected chi connectivity index (χ3v) is 9.52. The van der Waals surface area contributed by atoms with E-state index in [0.717, 1.165) is 54.3 Å². The van der Waals surface area contributed by atoms with Gasteiger partial charge in [-0.2, -0.15) is 0 Å². The Morgan fingerprint density at radius 1 is 0.870 bits per heavy atom. The first kappa shape index (κ1) is 40.3. The van der Waals surface area contributed by atoms with Crippen molar-refractivity contribution in [3.8, 4) is 23.1 Å². The third kappa shape index (κ3) is 11.6. The first-order valence-corrected chi connectivity index (χ1v) is 18.6. The van der Waals surface area contributed by atoms with E-state index < -0.39 is 0 Å². The van der Waals surface area contributed by atoms with E-state index >= 15 is 0 Å². The van der Waals surface area contributed by atoms with E-state index in [2.05, 4.69) is 77.2 Å². The Labute approximate surface area is 330 Å². The molecular formula is C44H48Cl2N4O4. The van der Waals surface area contributed by atoms with Crippen LogP contribution in [0.1, 0.15) is 59.0 Å². The van der Waals surface area contributed by atoms with Gasteiger partial charge < -0.3 is 19.1 Å². The van der Waals surface area contributed by atoms with Gasteiger partial charge in [-0.3, -0.25) is 14.7 Å². The van der Waals surface area contributed by atoms with E-state index in [-0.39, 0.29) is 18.3 Å². The summed E-state index contributed by atoms with van der Waals surface area (Å²) in [6.45, 7) is 13.1. The van der Waals surface area contributed by atoms with E-state index in [1.54, 1.807) is 36.5 Å². The lowest BCUT2D eigenvalue weighted by atomic mass is 10.0. The zero-order chi connectivity index (χ0) is 37.2. The summed E-state index contributed by atoms with van der Waals surface area (Å²) in [7, 11) is 0. The first-order chi connectivity index (χ1) is 25.7. The fraction of sp³-hybridized carbons (Fsp3) is 0.295. The number of nitrogens with zero attached hydrogens (tertiary/aromatic N) is 4. The maximum atomic E-state index is 13.1. The monoisotopic (exact) mass is 766 g/mol. The summed E-state index contributed by atoms with van der Waals surface area (Å²) in [6.07, 6.45) is 5.90. The molecule has 54 heavy (non-hydrogen) atoms. The molecule has 6 rings (SSSR count). The SMILES string of the molecule is Cc1cccc(COc2ccc(Oc3c(C)cc(C=CC(=O)N4CCN(Cc5ccc(CCOc6ccc(C(C)C)cc6)cc5)CC4)cc3Cl)nc2)n1.Cl. The third-order valence-electron chi connectivity index (χ3n) is 9.24. The molecule has 0 radical (unpaired) electrons. The van der Waals surface area contributed by atoms with Gasteiger partial charge in [0.25, 0.3) is 0 Å². The van der Waals surface area contributed by atoms with Crippen molar-refractivity contribution in [2.45, 2.75) is 53.2 Å². The van der Waals surface area contributed by atoms with Gasteiger partial charge in [-0.25, -0.2) is 4.98 Å². The molecule has 0 bridgehead atoms. The fourth-order valence-corrected chi connectivity index (χ4v) is 6.46. The molecule has 0 unspecified atom stereocenters. The van der Waals surface area contributed by atoms with Gasteiger partial charge in [-0.1, -0.05) is 67.9 Å². The molecule has 5 aromatic rings. The number of piperazine rings is 1. The standard InChI is InChI=1S/C44H47ClN4O4.ClH/c1-31(2)37-13-15-39(16-14-37)51-25-20-34-8-10-35(11-9-34)29-48-21-23-49(24-22-48)43(50)19-12-36-26-32(3)44(41(45)27-36)53-42-18-17-40(28-46-42)52-30-38-7-5-6-33(4)47-38;/h5-19,26-28,31H,20-25,29-30H2,1-4H3;1H. The van der Waals surface area contributed by atoms with Crippen LogP contribution in [0, 0.1) is 13.8 Å². The van der Waals surface area contributed by atoms with Gasteiger partial charge in [0.1, 0.15) is 18.1 Å². The predicted octanol–water partition coefficient (Wildman–Crippen LogP) is 9.64. The van der Waals surface area contributed by atoms with E-state index in [9.17, 15) is 4.79 Å². The van der Waals surface area contributed by atoms with Gasteiger partial charge in [0, 0.05) is 57.0 Å². The molecular weight excluding hydrogens is 719 g/mol. The smallest absolute Gasteiger partial charge is 0.246 e. The van der Waals surface area contributed by atoms with Gasteiger partial charge in [-0.15, -0.1) is 12.4 Å². The van der Waals surface area contributed by atoms with Gasteiger partial charge in [-0.05, 0) is 96.1 Å². The average molecular weight is 768 g/mol. The Kier molecular flexibility index (Phi) is 14.5. The molecule has 10 heteroatoms. The van der Waals surface area contributed by atoms with Crippen LogP contribution in [0.3, 0.4) is 0 Å². The fourth-order valence-electron chi connectivity index (χ4n) is 6.14. The molecule has 0 aliphatic carbocycles. The highest BCUT2D eigenvalue weighted by Gasteiger charge is 2.20. The van der Waals surface area contributed by atoms with Gasteiger partial charge in [0.05, 0.1) is 23.5 Å². The van der Waals surface area contributed by atoms with Crippen molar-refractivity contribution < 1.29 is 19.0 Å². The maximum Gasteiger partial charge on any atom is 0.246 e. The first-order valence-electron chi connectivity index (χ1n) is 18.2. The van der Waals surface area contributed by atoms with Crippen LogP contribution in [0.5, 0.6) is 23.1 Å². The Bertz CT molecular complexity index is 1970. The topological polar surface area (TPSA) is 77.0 Å². The van der Waals surface area contributed by atoms with Crippen LogP contribution in [0.15, 0.2) is 103 Å². The number of pyridine rings is 2. The number of hydrogen-bond acceptors (Lipinski definition) is 7. The molecule has 1 aliphatic heterocycles. The Balaban J connectivity index is 0.00000561. The number of aryl methyl sites for hydroxylation is 2. The minimum absolute atomic E-state index is 0. The number of rotatable bonds is 14. The van der Waals surface area contributed by atoms with Crippen molar-refractivity contribution >= 4 is 36.0 Å². The number of halogens is 2. The largest absolute Gasteiger partial charge is 0.493 e. The molecule has 3 heterocycles. The molecule has 2 aromatic heterocycles. The second-order valence-electron chi connectivity index (χ2n) is 13.7. The van der Waals surface area contributed by atoms with Crippen molar-refractivity contribution in [2.24, 2.45) is 0 Å². The van der Waals surface area contributed by atoms with Crippen molar-refractivity contribution in [2.75, 3.05) is 32.8 Å². The Hall–Kier alpha value is -4.89. The zero-order valence-electron chi connectivity index (χ0n) is 31.3. The summed E-state index contributed by atoms with van der Waals surface area (Å²) in [5, 5.41) is 0.437. The highest BCUT2D eigenvalue weighted by atomic mass is 35.5. The van der Waals surface area contributed by atoms with Gasteiger partial charge >= 0.3 is 0 Å². The van der Waals surface area contributed by atoms with Gasteiger partial charge in [0.15, 0.2) is 5.75 Å². The summed E-state index contributed by atoms with van der Waals surface area (Å²) >= 11 is 6.63. The Morgan fingerprint density at radius 3 is 2.26 bits per heavy atom. The summed E-state index contributed by atoms with van der Waals surface area (Å²) in [5.41, 5.74) is 7.30. The number of ether oxygens (including phenoxy) is 3. The highest BCUT2D eigenvalue weighted by Crippen LogP contribution is 2.34. The van der Waals surface area contributed by atoms with Crippen molar-refractivity contribution in [1.82, 2.24) is 19.8 Å². The van der Waals surface area contributed by atoms with Crippen LogP contribution < -0.4 is 14.2 Å². The molecule has 8 nitrogen and oxygen atoms in total. The molecule has 282 valence electrons. The van der Waals surface area contributed by atoms with Crippen molar-refractivity contribution in [3.63, 3.8) is 0 Å². The highest BCUT2D eigenvalue weighted by molar-refractivity contribution is 6.32. The minimum atomic E-state index is -0.00845. The van der Waals surface area contributed by atoms with Gasteiger partial charge in [0.2, 0.25) is 11.8 Å². The van der Waals surface area contributed by atoms with E-state index in [0.29, 0.717) is 54.6 Å². The number of carbonyl (C=O) groups is 1. The second-order valence-corrected chi connectivity index (χ2v) is 14.1. The molecule has 1 saturated heterocycles. The van der Waals surface area contributed by atoms with Crippen molar-refractivity contribution in [1.29, 1.82) is 0 Å². The van der Waals surface area contributed by atoms with Crippen molar-refractivity contribution in [3.05, 3.63) is 147 Å². The van der Waals surface area contributed by atoms with Crippen LogP contribution in [-0.4, -0.2) is 58.5 Å². The predicted molar refractivity (Wildman–Crippen MR) is 218 cm³/mol. The number of hydrogen-bond donors (Lipinski definition) is 0. The lowest BCUT2D eigenvalue weighted by Crippen LogP contribution is -2.47. The van der Waals surface area contributed by atoms with Crippen LogP contribution in [0.25, 0.3) is 6.08 Å². The summed E-state index contributed by atoms with van der Waals surface area (Å²) < 4.78 is 17.8. The number of aromatic nitrogens is 2. The zero-order valence-corrected chi connectivity index (χ0v) is 32.9. The van der Waals surface area contributed by atoms with Crippen LogP contribution in [0.4, 0.5) is 0 Å². The summed E-state index contributed by atoms with van der Waals surface area (Å²) in [6, 6.07) is 30.3. The molecule has 0 saturated carbocycles. The van der Waals surface area contributed by atoms with E-state index in [4.69, 9.17) is 25.8 Å². The summed E-state index contributed by atoms with van der Waals surface area (Å²) in [4.78, 5) is 26.2. The number of benzene rings is 3. The van der Waals surface area contributed by atoms with Crippen LogP contribution in [-0.2, 0) is 24.4 Å². The van der Waals surface area contributed by atoms with E-state index in [1.165, 1.54) is 16.7 Å². The minimum Gasteiger partial charge on any atom is -0.493 e. The quantitative estimate of drug-likeness (QED) is 0.104. The molecule has 1 fully saturated rings. The van der Waals surface area contributed by atoms with Crippen LogP contribution >= 0.6 is 24.0 Å². The number of amides is 1. The second kappa shape index (κ2) is 19.4. The van der Waals surface area contributed by atoms with E-state index in [1.807, 2.05) is 43.0 Å². The maximum absolute atomic E-state index is 13.1. The molecule has 1 aliphatic rings. The lowest BCUT2D eigenvalue weighted by molar-refractivity contribution is -0.127. The average Bonchev–Trinajstić information content (AvgIpc) is 3.16. The molecule has 0 spiro atoms. The normalized spacial score (nSPS) is 13.2. The summed E-state index contributed by atoms with van der Waals surface area (Å²) in [5.74, 6) is 2.95.